The molecule has 0 saturated heterocycles. The quantitative estimate of drug-likeness (QED) is 0.381. The fourth-order valence-corrected chi connectivity index (χ4v) is 3.20. The molecule has 6 nitrogen and oxygen atoms in total. The van der Waals surface area contributed by atoms with Crippen molar-refractivity contribution in [2.45, 2.75) is 32.8 Å². The third-order valence-electron chi connectivity index (χ3n) is 4.64. The van der Waals surface area contributed by atoms with Gasteiger partial charge in [0.05, 0.1) is 12.8 Å². The van der Waals surface area contributed by atoms with E-state index in [-0.39, 0.29) is 6.54 Å². The van der Waals surface area contributed by atoms with Gasteiger partial charge >= 0.3 is 0 Å². The summed E-state index contributed by atoms with van der Waals surface area (Å²) in [5, 5.41) is 18.4. The molecule has 3 rings (SSSR count). The van der Waals surface area contributed by atoms with Gasteiger partial charge in [0, 0.05) is 29.7 Å². The number of furan rings is 1. The first kappa shape index (κ1) is 19.0. The Morgan fingerprint density at radius 1 is 1.22 bits per heavy atom. The number of H-pyrrole nitrogens is 1. The standard InChI is InChI=1S/C21H28N4O2/c1-4-22-20(24-14-21(3,26)19-10-7-13-27-19)23-12-11-16-15(2)25-18-9-6-5-8-17(16)18/h5-10,13,25-26H,4,11-12,14H2,1-3H3,(H2,22,23,24). The van der Waals surface area contributed by atoms with E-state index in [1.54, 1.807) is 25.3 Å². The molecule has 0 radical (unpaired) electrons. The second-order valence-corrected chi connectivity index (χ2v) is 6.90. The molecule has 2 heterocycles. The van der Waals surface area contributed by atoms with Crippen LogP contribution in [0.1, 0.15) is 30.9 Å². The van der Waals surface area contributed by atoms with Crippen molar-refractivity contribution in [3.05, 3.63) is 59.7 Å². The van der Waals surface area contributed by atoms with Gasteiger partial charge < -0.3 is 25.1 Å². The van der Waals surface area contributed by atoms with Crippen molar-refractivity contribution in [2.24, 2.45) is 4.99 Å². The average molecular weight is 368 g/mol. The van der Waals surface area contributed by atoms with E-state index in [0.717, 1.165) is 19.5 Å². The normalized spacial score (nSPS) is 14.3. The number of aliphatic hydroxyl groups is 1. The lowest BCUT2D eigenvalue weighted by molar-refractivity contribution is 0.0437. The molecule has 0 aliphatic rings. The highest BCUT2D eigenvalue weighted by Gasteiger charge is 2.26. The molecule has 0 bridgehead atoms. The van der Waals surface area contributed by atoms with E-state index in [2.05, 4.69) is 45.7 Å². The van der Waals surface area contributed by atoms with Gasteiger partial charge in [0.1, 0.15) is 11.4 Å². The van der Waals surface area contributed by atoms with Crippen LogP contribution >= 0.6 is 0 Å². The van der Waals surface area contributed by atoms with Crippen LogP contribution in [-0.4, -0.2) is 35.7 Å². The summed E-state index contributed by atoms with van der Waals surface area (Å²) >= 11 is 0. The van der Waals surface area contributed by atoms with Gasteiger partial charge in [-0.25, -0.2) is 4.99 Å². The topological polar surface area (TPSA) is 85.6 Å². The van der Waals surface area contributed by atoms with Crippen LogP contribution in [0.3, 0.4) is 0 Å². The van der Waals surface area contributed by atoms with Crippen LogP contribution in [0.5, 0.6) is 0 Å². The minimum Gasteiger partial charge on any atom is -0.466 e. The molecule has 3 aromatic rings. The van der Waals surface area contributed by atoms with Crippen molar-refractivity contribution < 1.29 is 9.52 Å². The Bertz CT molecular complexity index is 894. The van der Waals surface area contributed by atoms with E-state index in [9.17, 15) is 5.11 Å². The SMILES string of the molecule is CCNC(=NCC(C)(O)c1ccco1)NCCc1c(C)[nH]c2ccccc12. The highest BCUT2D eigenvalue weighted by atomic mass is 16.4. The molecule has 0 spiro atoms. The maximum absolute atomic E-state index is 10.6. The Morgan fingerprint density at radius 2 is 2.04 bits per heavy atom. The number of fused-ring (bicyclic) bond motifs is 1. The zero-order valence-corrected chi connectivity index (χ0v) is 16.2. The van der Waals surface area contributed by atoms with E-state index in [1.807, 2.05) is 13.0 Å². The third kappa shape index (κ3) is 4.52. The van der Waals surface area contributed by atoms with Crippen molar-refractivity contribution in [1.29, 1.82) is 0 Å². The number of para-hydroxylation sites is 1. The lowest BCUT2D eigenvalue weighted by Gasteiger charge is -2.19. The number of nitrogens with one attached hydrogen (secondary N) is 3. The summed E-state index contributed by atoms with van der Waals surface area (Å²) in [5.74, 6) is 1.19. The first-order chi connectivity index (χ1) is 13.0. The maximum Gasteiger partial charge on any atom is 0.191 e. The second kappa shape index (κ2) is 8.31. The number of aromatic nitrogens is 1. The lowest BCUT2D eigenvalue weighted by atomic mass is 10.0. The predicted molar refractivity (Wildman–Crippen MR) is 109 cm³/mol. The van der Waals surface area contributed by atoms with E-state index < -0.39 is 5.60 Å². The average Bonchev–Trinajstić information content (AvgIpc) is 3.29. The summed E-state index contributed by atoms with van der Waals surface area (Å²) < 4.78 is 5.31. The number of aliphatic imine (C=N–C) groups is 1. The summed E-state index contributed by atoms with van der Waals surface area (Å²) in [6.45, 7) is 7.54. The molecule has 0 aliphatic heterocycles. The number of rotatable bonds is 7. The van der Waals surface area contributed by atoms with Crippen LogP contribution in [-0.2, 0) is 12.0 Å². The molecule has 0 fully saturated rings. The van der Waals surface area contributed by atoms with Gasteiger partial charge in [-0.3, -0.25) is 0 Å². The lowest BCUT2D eigenvalue weighted by Crippen LogP contribution is -2.39. The van der Waals surface area contributed by atoms with Crippen LogP contribution in [0, 0.1) is 6.92 Å². The Kier molecular flexibility index (Phi) is 5.86. The first-order valence-electron chi connectivity index (χ1n) is 9.36. The molecular weight excluding hydrogens is 340 g/mol. The zero-order chi connectivity index (χ0) is 19.3. The van der Waals surface area contributed by atoms with Crippen LogP contribution in [0.2, 0.25) is 0 Å². The summed E-state index contributed by atoms with van der Waals surface area (Å²) in [6.07, 6.45) is 2.44. The minimum atomic E-state index is -1.14. The number of aryl methyl sites for hydroxylation is 1. The zero-order valence-electron chi connectivity index (χ0n) is 16.2. The number of aromatic amines is 1. The molecule has 2 aromatic heterocycles. The van der Waals surface area contributed by atoms with Crippen LogP contribution in [0.15, 0.2) is 52.1 Å². The summed E-state index contributed by atoms with van der Waals surface area (Å²) in [4.78, 5) is 7.96. The molecule has 1 aromatic carbocycles. The number of hydrogen-bond acceptors (Lipinski definition) is 3. The molecule has 1 unspecified atom stereocenters. The monoisotopic (exact) mass is 368 g/mol. The van der Waals surface area contributed by atoms with E-state index in [4.69, 9.17) is 4.42 Å². The van der Waals surface area contributed by atoms with Crippen LogP contribution in [0.25, 0.3) is 10.9 Å². The fourth-order valence-electron chi connectivity index (χ4n) is 3.20. The van der Waals surface area contributed by atoms with Gasteiger partial charge in [0.25, 0.3) is 0 Å². The van der Waals surface area contributed by atoms with Crippen molar-refractivity contribution in [2.75, 3.05) is 19.6 Å². The van der Waals surface area contributed by atoms with Crippen molar-refractivity contribution in [1.82, 2.24) is 15.6 Å². The summed E-state index contributed by atoms with van der Waals surface area (Å²) in [6, 6.07) is 11.9. The molecule has 27 heavy (non-hydrogen) atoms. The van der Waals surface area contributed by atoms with Gasteiger partial charge in [-0.2, -0.15) is 0 Å². The van der Waals surface area contributed by atoms with Crippen LogP contribution in [0.4, 0.5) is 0 Å². The predicted octanol–water partition coefficient (Wildman–Crippen LogP) is 3.07. The largest absolute Gasteiger partial charge is 0.466 e. The van der Waals surface area contributed by atoms with Crippen molar-refractivity contribution in [3.8, 4) is 0 Å². The second-order valence-electron chi connectivity index (χ2n) is 6.90. The fraction of sp³-hybridized carbons (Fsp3) is 0.381. The number of guanidine groups is 1. The summed E-state index contributed by atoms with van der Waals surface area (Å²) in [7, 11) is 0. The first-order valence-corrected chi connectivity index (χ1v) is 9.36. The van der Waals surface area contributed by atoms with Gasteiger partial charge in [0.15, 0.2) is 5.96 Å². The molecule has 6 heteroatoms. The number of benzene rings is 1. The van der Waals surface area contributed by atoms with E-state index >= 15 is 0 Å². The number of hydrogen-bond donors (Lipinski definition) is 4. The molecule has 0 amide bonds. The summed E-state index contributed by atoms with van der Waals surface area (Å²) in [5.41, 5.74) is 2.54. The highest BCUT2D eigenvalue weighted by molar-refractivity contribution is 5.84. The van der Waals surface area contributed by atoms with Crippen molar-refractivity contribution >= 4 is 16.9 Å². The van der Waals surface area contributed by atoms with Gasteiger partial charge in [0.2, 0.25) is 0 Å². The number of nitrogens with zero attached hydrogens (tertiary/aromatic N) is 1. The van der Waals surface area contributed by atoms with Crippen molar-refractivity contribution in [3.63, 3.8) is 0 Å². The third-order valence-corrected chi connectivity index (χ3v) is 4.64. The maximum atomic E-state index is 10.6. The minimum absolute atomic E-state index is 0.210. The Balaban J connectivity index is 1.63. The van der Waals surface area contributed by atoms with Gasteiger partial charge in [-0.05, 0) is 51.0 Å². The van der Waals surface area contributed by atoms with Gasteiger partial charge in [-0.15, -0.1) is 0 Å². The molecule has 1 atom stereocenters. The van der Waals surface area contributed by atoms with E-state index in [1.165, 1.54) is 22.2 Å². The molecule has 0 aliphatic carbocycles. The Hall–Kier alpha value is -2.73. The highest BCUT2D eigenvalue weighted by Crippen LogP contribution is 2.22. The molecule has 144 valence electrons. The van der Waals surface area contributed by atoms with E-state index in [0.29, 0.717) is 11.7 Å². The molecular formula is C21H28N4O2. The molecule has 4 N–H and O–H groups in total. The Labute approximate surface area is 159 Å². The molecule has 0 saturated carbocycles. The smallest absolute Gasteiger partial charge is 0.191 e. The Morgan fingerprint density at radius 3 is 2.78 bits per heavy atom. The van der Waals surface area contributed by atoms with Crippen LogP contribution < -0.4 is 10.6 Å². The van der Waals surface area contributed by atoms with Gasteiger partial charge in [-0.1, -0.05) is 18.2 Å².